The Kier molecular flexibility index (Phi) is 5.63. The lowest BCUT2D eigenvalue weighted by Gasteiger charge is -2.27. The Morgan fingerprint density at radius 2 is 2.00 bits per heavy atom. The number of carbonyl (C=O) groups is 2. The van der Waals surface area contributed by atoms with Crippen LogP contribution in [0.3, 0.4) is 0 Å². The molecule has 4 nitrogen and oxygen atoms in total. The summed E-state index contributed by atoms with van der Waals surface area (Å²) in [5.74, 6) is -0.226. The molecule has 0 saturated heterocycles. The molecule has 104 valence electrons. The van der Waals surface area contributed by atoms with Gasteiger partial charge in [0.25, 0.3) is 0 Å². The second kappa shape index (κ2) is 6.76. The number of nitrogens with one attached hydrogen (secondary N) is 1. The highest BCUT2D eigenvalue weighted by atomic mass is 16.4. The highest BCUT2D eigenvalue weighted by molar-refractivity contribution is 5.78. The van der Waals surface area contributed by atoms with Crippen molar-refractivity contribution in [3.63, 3.8) is 0 Å². The molecule has 0 aromatic carbocycles. The van der Waals surface area contributed by atoms with E-state index in [9.17, 15) is 9.59 Å². The van der Waals surface area contributed by atoms with Crippen LogP contribution in [0.1, 0.15) is 52.9 Å². The summed E-state index contributed by atoms with van der Waals surface area (Å²) in [4.78, 5) is 22.7. The van der Waals surface area contributed by atoms with E-state index >= 15 is 0 Å². The Labute approximate surface area is 109 Å². The zero-order valence-corrected chi connectivity index (χ0v) is 11.6. The van der Waals surface area contributed by atoms with Crippen LogP contribution in [-0.4, -0.2) is 23.0 Å². The number of hydrogen-bond donors (Lipinski definition) is 2. The van der Waals surface area contributed by atoms with Crippen molar-refractivity contribution in [3.8, 4) is 0 Å². The van der Waals surface area contributed by atoms with E-state index in [4.69, 9.17) is 5.11 Å². The van der Waals surface area contributed by atoms with Crippen LogP contribution in [-0.2, 0) is 9.59 Å². The van der Waals surface area contributed by atoms with Crippen molar-refractivity contribution < 1.29 is 14.7 Å². The van der Waals surface area contributed by atoms with Gasteiger partial charge in [-0.3, -0.25) is 9.59 Å². The van der Waals surface area contributed by atoms with E-state index in [-0.39, 0.29) is 11.9 Å². The van der Waals surface area contributed by atoms with Crippen molar-refractivity contribution in [2.45, 2.75) is 58.9 Å². The molecule has 0 radical (unpaired) electrons. The molecule has 1 rings (SSSR count). The average Bonchev–Trinajstić information content (AvgIpc) is 2.27. The fourth-order valence-corrected chi connectivity index (χ4v) is 2.66. The number of carboxylic acids is 1. The molecule has 0 aliphatic heterocycles. The second-order valence-electron chi connectivity index (χ2n) is 5.83. The molecule has 0 aromatic heterocycles. The minimum Gasteiger partial charge on any atom is -0.481 e. The maximum atomic E-state index is 11.9. The lowest BCUT2D eigenvalue weighted by Crippen LogP contribution is -2.40. The summed E-state index contributed by atoms with van der Waals surface area (Å²) in [6.45, 7) is 5.61. The third-order valence-corrected chi connectivity index (χ3v) is 4.05. The Morgan fingerprint density at radius 1 is 1.33 bits per heavy atom. The Bertz CT molecular complexity index is 303. The largest absolute Gasteiger partial charge is 0.481 e. The van der Waals surface area contributed by atoms with Gasteiger partial charge in [0, 0.05) is 12.5 Å². The highest BCUT2D eigenvalue weighted by Gasteiger charge is 2.24. The molecule has 0 aromatic rings. The molecule has 4 atom stereocenters. The number of amides is 1. The predicted octanol–water partition coefficient (Wildman–Crippen LogP) is 2.43. The number of hydrogen-bond acceptors (Lipinski definition) is 2. The van der Waals surface area contributed by atoms with E-state index in [2.05, 4.69) is 12.2 Å². The minimum atomic E-state index is -0.867. The number of rotatable bonds is 5. The summed E-state index contributed by atoms with van der Waals surface area (Å²) in [7, 11) is 0. The first kappa shape index (κ1) is 15.0. The molecule has 0 spiro atoms. The molecule has 18 heavy (non-hydrogen) atoms. The first-order chi connectivity index (χ1) is 8.40. The van der Waals surface area contributed by atoms with Crippen LogP contribution in [0, 0.1) is 17.8 Å². The third kappa shape index (κ3) is 4.67. The zero-order chi connectivity index (χ0) is 13.7. The molecule has 4 unspecified atom stereocenters. The lowest BCUT2D eigenvalue weighted by molar-refractivity contribution is -0.142. The van der Waals surface area contributed by atoms with Crippen molar-refractivity contribution in [2.75, 3.05) is 0 Å². The van der Waals surface area contributed by atoms with E-state index in [0.717, 1.165) is 12.8 Å². The van der Waals surface area contributed by atoms with Gasteiger partial charge in [0.2, 0.25) is 5.91 Å². The van der Waals surface area contributed by atoms with Crippen LogP contribution in [0.25, 0.3) is 0 Å². The van der Waals surface area contributed by atoms with Gasteiger partial charge in [-0.2, -0.15) is 0 Å². The Balaban J connectivity index is 2.34. The predicted molar refractivity (Wildman–Crippen MR) is 70.1 cm³/mol. The normalized spacial score (nSPS) is 27.3. The third-order valence-electron chi connectivity index (χ3n) is 4.05. The molecular formula is C14H25NO3. The monoisotopic (exact) mass is 255 g/mol. The highest BCUT2D eigenvalue weighted by Crippen LogP contribution is 2.30. The SMILES string of the molecule is CC1CCCC(CC(=O)NC(C)C(C)C(=O)O)C1. The average molecular weight is 255 g/mol. The van der Waals surface area contributed by atoms with Crippen LogP contribution in [0.4, 0.5) is 0 Å². The van der Waals surface area contributed by atoms with Gasteiger partial charge < -0.3 is 10.4 Å². The molecule has 1 amide bonds. The van der Waals surface area contributed by atoms with Gasteiger partial charge in [-0.1, -0.05) is 19.8 Å². The van der Waals surface area contributed by atoms with Crippen molar-refractivity contribution >= 4 is 11.9 Å². The van der Waals surface area contributed by atoms with Crippen LogP contribution in [0.2, 0.25) is 0 Å². The summed E-state index contributed by atoms with van der Waals surface area (Å²) < 4.78 is 0. The molecule has 1 saturated carbocycles. The van der Waals surface area contributed by atoms with E-state index in [1.807, 2.05) is 0 Å². The molecule has 1 aliphatic rings. The topological polar surface area (TPSA) is 66.4 Å². The van der Waals surface area contributed by atoms with Gasteiger partial charge in [-0.15, -0.1) is 0 Å². The molecule has 2 N–H and O–H groups in total. The number of aliphatic carboxylic acids is 1. The van der Waals surface area contributed by atoms with Crippen LogP contribution in [0.5, 0.6) is 0 Å². The molecule has 4 heteroatoms. The van der Waals surface area contributed by atoms with Crippen molar-refractivity contribution in [1.82, 2.24) is 5.32 Å². The van der Waals surface area contributed by atoms with Crippen LogP contribution in [0.15, 0.2) is 0 Å². The summed E-state index contributed by atoms with van der Waals surface area (Å²) in [5.41, 5.74) is 0. The van der Waals surface area contributed by atoms with Gasteiger partial charge >= 0.3 is 5.97 Å². The van der Waals surface area contributed by atoms with Gasteiger partial charge in [0.15, 0.2) is 0 Å². The van der Waals surface area contributed by atoms with Gasteiger partial charge in [-0.25, -0.2) is 0 Å². The maximum Gasteiger partial charge on any atom is 0.308 e. The smallest absolute Gasteiger partial charge is 0.308 e. The van der Waals surface area contributed by atoms with Gasteiger partial charge in [-0.05, 0) is 38.5 Å². The quantitative estimate of drug-likeness (QED) is 0.793. The summed E-state index contributed by atoms with van der Waals surface area (Å²) in [5, 5.41) is 11.7. The summed E-state index contributed by atoms with van der Waals surface area (Å²) in [6, 6.07) is -0.309. The Hall–Kier alpha value is -1.06. The van der Waals surface area contributed by atoms with E-state index < -0.39 is 11.9 Å². The first-order valence-corrected chi connectivity index (χ1v) is 6.92. The maximum absolute atomic E-state index is 11.9. The van der Waals surface area contributed by atoms with Crippen molar-refractivity contribution in [3.05, 3.63) is 0 Å². The lowest BCUT2D eigenvalue weighted by atomic mass is 9.80. The minimum absolute atomic E-state index is 0.00491. The first-order valence-electron chi connectivity index (χ1n) is 6.92. The number of carboxylic acid groups (broad SMARTS) is 1. The van der Waals surface area contributed by atoms with Crippen molar-refractivity contribution in [1.29, 1.82) is 0 Å². The zero-order valence-electron chi connectivity index (χ0n) is 11.6. The summed E-state index contributed by atoms with van der Waals surface area (Å²) >= 11 is 0. The van der Waals surface area contributed by atoms with Crippen LogP contribution >= 0.6 is 0 Å². The van der Waals surface area contributed by atoms with Gasteiger partial charge in [0.1, 0.15) is 0 Å². The molecule has 1 aliphatic carbocycles. The van der Waals surface area contributed by atoms with E-state index in [1.54, 1.807) is 13.8 Å². The molecule has 1 fully saturated rings. The van der Waals surface area contributed by atoms with Crippen molar-refractivity contribution in [2.24, 2.45) is 17.8 Å². The van der Waals surface area contributed by atoms with Gasteiger partial charge in [0.05, 0.1) is 5.92 Å². The second-order valence-corrected chi connectivity index (χ2v) is 5.83. The molecule has 0 bridgehead atoms. The standard InChI is InChI=1S/C14H25NO3/c1-9-5-4-6-12(7-9)8-13(16)15-11(3)10(2)14(17)18/h9-12H,4-8H2,1-3H3,(H,15,16)(H,17,18). The molecular weight excluding hydrogens is 230 g/mol. The number of carbonyl (C=O) groups excluding carboxylic acids is 1. The van der Waals surface area contributed by atoms with E-state index in [0.29, 0.717) is 18.3 Å². The van der Waals surface area contributed by atoms with Crippen LogP contribution < -0.4 is 5.32 Å². The Morgan fingerprint density at radius 3 is 2.56 bits per heavy atom. The van der Waals surface area contributed by atoms with E-state index in [1.165, 1.54) is 12.8 Å². The molecule has 0 heterocycles. The summed E-state index contributed by atoms with van der Waals surface area (Å²) in [6.07, 6.45) is 5.27. The fraction of sp³-hybridized carbons (Fsp3) is 0.857. The fourth-order valence-electron chi connectivity index (χ4n) is 2.66.